The second kappa shape index (κ2) is 5.02. The lowest BCUT2D eigenvalue weighted by atomic mass is 9.90. The Balaban J connectivity index is 1.99. The fourth-order valence-electron chi connectivity index (χ4n) is 2.17. The SMILES string of the molecule is NC(=S)N1CCC(c2ccc(Cl)cc2)CC1. The summed E-state index contributed by atoms with van der Waals surface area (Å²) >= 11 is 10.8. The van der Waals surface area contributed by atoms with E-state index in [2.05, 4.69) is 17.0 Å². The van der Waals surface area contributed by atoms with E-state index in [1.165, 1.54) is 5.56 Å². The maximum absolute atomic E-state index is 5.87. The average molecular weight is 255 g/mol. The maximum atomic E-state index is 5.87. The number of halogens is 1. The van der Waals surface area contributed by atoms with Gasteiger partial charge in [0.2, 0.25) is 0 Å². The highest BCUT2D eigenvalue weighted by Crippen LogP contribution is 2.28. The number of nitrogens with zero attached hydrogens (tertiary/aromatic N) is 1. The van der Waals surface area contributed by atoms with E-state index in [4.69, 9.17) is 29.6 Å². The summed E-state index contributed by atoms with van der Waals surface area (Å²) < 4.78 is 0. The molecule has 0 amide bonds. The monoisotopic (exact) mass is 254 g/mol. The lowest BCUT2D eigenvalue weighted by Gasteiger charge is -2.32. The molecule has 4 heteroatoms. The Morgan fingerprint density at radius 3 is 2.31 bits per heavy atom. The molecule has 1 saturated heterocycles. The van der Waals surface area contributed by atoms with Crippen LogP contribution in [0.5, 0.6) is 0 Å². The molecule has 2 nitrogen and oxygen atoms in total. The van der Waals surface area contributed by atoms with Crippen molar-refractivity contribution in [1.29, 1.82) is 0 Å². The van der Waals surface area contributed by atoms with Crippen molar-refractivity contribution in [1.82, 2.24) is 4.90 Å². The fourth-order valence-corrected chi connectivity index (χ4v) is 2.48. The first-order valence-corrected chi connectivity index (χ1v) is 6.25. The molecule has 1 heterocycles. The zero-order chi connectivity index (χ0) is 11.5. The first kappa shape index (κ1) is 11.7. The number of piperidine rings is 1. The standard InChI is InChI=1S/C12H15ClN2S/c13-11-3-1-9(2-4-11)10-5-7-15(8-6-10)12(14)16/h1-4,10H,5-8H2,(H2,14,16). The van der Waals surface area contributed by atoms with Crippen molar-refractivity contribution in [3.63, 3.8) is 0 Å². The van der Waals surface area contributed by atoms with E-state index in [1.54, 1.807) is 0 Å². The van der Waals surface area contributed by atoms with Gasteiger partial charge in [-0.2, -0.15) is 0 Å². The second-order valence-electron chi connectivity index (χ2n) is 4.15. The summed E-state index contributed by atoms with van der Waals surface area (Å²) in [5.41, 5.74) is 6.98. The van der Waals surface area contributed by atoms with E-state index in [9.17, 15) is 0 Å². The Bertz CT molecular complexity index is 369. The van der Waals surface area contributed by atoms with Gasteiger partial charge in [0, 0.05) is 18.1 Å². The molecule has 0 aromatic heterocycles. The lowest BCUT2D eigenvalue weighted by Crippen LogP contribution is -2.40. The number of likely N-dealkylation sites (tertiary alicyclic amines) is 1. The van der Waals surface area contributed by atoms with E-state index in [-0.39, 0.29) is 0 Å². The van der Waals surface area contributed by atoms with Gasteiger partial charge in [-0.1, -0.05) is 23.7 Å². The molecular formula is C12H15ClN2S. The smallest absolute Gasteiger partial charge is 0.166 e. The Kier molecular flexibility index (Phi) is 3.66. The molecule has 1 aliphatic heterocycles. The van der Waals surface area contributed by atoms with Crippen LogP contribution in [0.25, 0.3) is 0 Å². The Labute approximate surface area is 106 Å². The molecule has 0 atom stereocenters. The summed E-state index contributed by atoms with van der Waals surface area (Å²) in [5, 5.41) is 1.32. The van der Waals surface area contributed by atoms with E-state index >= 15 is 0 Å². The van der Waals surface area contributed by atoms with E-state index in [0.717, 1.165) is 31.0 Å². The molecular weight excluding hydrogens is 240 g/mol. The van der Waals surface area contributed by atoms with Gasteiger partial charge in [0.05, 0.1) is 0 Å². The van der Waals surface area contributed by atoms with Gasteiger partial charge in [0.1, 0.15) is 0 Å². The molecule has 0 radical (unpaired) electrons. The first-order chi connectivity index (χ1) is 7.66. The maximum Gasteiger partial charge on any atom is 0.166 e. The van der Waals surface area contributed by atoms with Gasteiger partial charge in [-0.25, -0.2) is 0 Å². The zero-order valence-electron chi connectivity index (χ0n) is 9.03. The highest BCUT2D eigenvalue weighted by Gasteiger charge is 2.20. The third-order valence-electron chi connectivity index (χ3n) is 3.15. The van der Waals surface area contributed by atoms with Crippen LogP contribution in [0.1, 0.15) is 24.3 Å². The number of benzene rings is 1. The molecule has 1 aliphatic rings. The third-order valence-corrected chi connectivity index (χ3v) is 3.66. The Morgan fingerprint density at radius 2 is 1.81 bits per heavy atom. The van der Waals surface area contributed by atoms with Gasteiger partial charge in [-0.15, -0.1) is 0 Å². The molecule has 16 heavy (non-hydrogen) atoms. The zero-order valence-corrected chi connectivity index (χ0v) is 10.6. The van der Waals surface area contributed by atoms with Crippen LogP contribution in [-0.2, 0) is 0 Å². The largest absolute Gasteiger partial charge is 0.376 e. The van der Waals surface area contributed by atoms with Crippen LogP contribution in [0.4, 0.5) is 0 Å². The first-order valence-electron chi connectivity index (χ1n) is 5.46. The van der Waals surface area contributed by atoms with Crippen molar-refractivity contribution < 1.29 is 0 Å². The minimum Gasteiger partial charge on any atom is -0.376 e. The minimum absolute atomic E-state index is 0.523. The van der Waals surface area contributed by atoms with E-state index < -0.39 is 0 Å². The van der Waals surface area contributed by atoms with Crippen LogP contribution >= 0.6 is 23.8 Å². The molecule has 1 fully saturated rings. The number of thiocarbonyl (C=S) groups is 1. The minimum atomic E-state index is 0.523. The van der Waals surface area contributed by atoms with Crippen molar-refractivity contribution in [3.05, 3.63) is 34.9 Å². The summed E-state index contributed by atoms with van der Waals surface area (Å²) in [7, 11) is 0. The van der Waals surface area contributed by atoms with Crippen molar-refractivity contribution in [2.24, 2.45) is 5.73 Å². The highest BCUT2D eigenvalue weighted by molar-refractivity contribution is 7.80. The molecule has 0 unspecified atom stereocenters. The molecule has 2 rings (SSSR count). The molecule has 2 N–H and O–H groups in total. The van der Waals surface area contributed by atoms with Gasteiger partial charge in [0.25, 0.3) is 0 Å². The summed E-state index contributed by atoms with van der Waals surface area (Å²) in [6.07, 6.45) is 2.22. The van der Waals surface area contributed by atoms with Crippen LogP contribution in [0.2, 0.25) is 5.02 Å². The molecule has 1 aromatic carbocycles. The third kappa shape index (κ3) is 2.66. The Morgan fingerprint density at radius 1 is 1.25 bits per heavy atom. The van der Waals surface area contributed by atoms with Crippen LogP contribution in [0, 0.1) is 0 Å². The second-order valence-corrected chi connectivity index (χ2v) is 5.01. The number of hydrogen-bond acceptors (Lipinski definition) is 1. The van der Waals surface area contributed by atoms with Crippen LogP contribution in [0.15, 0.2) is 24.3 Å². The van der Waals surface area contributed by atoms with Crippen molar-refractivity contribution in [3.8, 4) is 0 Å². The molecule has 0 saturated carbocycles. The van der Waals surface area contributed by atoms with Crippen LogP contribution in [-0.4, -0.2) is 23.1 Å². The van der Waals surface area contributed by atoms with Gasteiger partial charge in [0.15, 0.2) is 5.11 Å². The average Bonchev–Trinajstić information content (AvgIpc) is 2.30. The van der Waals surface area contributed by atoms with Crippen LogP contribution < -0.4 is 5.73 Å². The lowest BCUT2D eigenvalue weighted by molar-refractivity contribution is 0.315. The summed E-state index contributed by atoms with van der Waals surface area (Å²) in [4.78, 5) is 2.07. The van der Waals surface area contributed by atoms with Gasteiger partial charge in [-0.3, -0.25) is 0 Å². The van der Waals surface area contributed by atoms with E-state index in [0.29, 0.717) is 11.0 Å². The van der Waals surface area contributed by atoms with Gasteiger partial charge in [-0.05, 0) is 48.7 Å². The normalized spacial score (nSPS) is 17.4. The number of nitrogens with two attached hydrogens (primary N) is 1. The van der Waals surface area contributed by atoms with Crippen molar-refractivity contribution in [2.75, 3.05) is 13.1 Å². The molecule has 86 valence electrons. The Hall–Kier alpha value is -0.800. The summed E-state index contributed by atoms with van der Waals surface area (Å²) in [6, 6.07) is 8.14. The van der Waals surface area contributed by atoms with Crippen molar-refractivity contribution >= 4 is 28.9 Å². The van der Waals surface area contributed by atoms with Gasteiger partial charge < -0.3 is 10.6 Å². The van der Waals surface area contributed by atoms with Crippen molar-refractivity contribution in [2.45, 2.75) is 18.8 Å². The fraction of sp³-hybridized carbons (Fsp3) is 0.417. The highest BCUT2D eigenvalue weighted by atomic mass is 35.5. The molecule has 1 aromatic rings. The summed E-state index contributed by atoms with van der Waals surface area (Å²) in [5.74, 6) is 0.614. The topological polar surface area (TPSA) is 29.3 Å². The summed E-state index contributed by atoms with van der Waals surface area (Å²) in [6.45, 7) is 1.92. The molecule has 0 bridgehead atoms. The van der Waals surface area contributed by atoms with Crippen LogP contribution in [0.3, 0.4) is 0 Å². The van der Waals surface area contributed by atoms with E-state index in [1.807, 2.05) is 12.1 Å². The number of rotatable bonds is 1. The predicted molar refractivity (Wildman–Crippen MR) is 71.8 cm³/mol. The predicted octanol–water partition coefficient (Wildman–Crippen LogP) is 2.76. The molecule has 0 spiro atoms. The quantitative estimate of drug-likeness (QED) is 0.782. The number of hydrogen-bond donors (Lipinski definition) is 1. The van der Waals surface area contributed by atoms with Gasteiger partial charge >= 0.3 is 0 Å². The molecule has 0 aliphatic carbocycles.